The summed E-state index contributed by atoms with van der Waals surface area (Å²) in [6.45, 7) is 0. The van der Waals surface area contributed by atoms with Gasteiger partial charge in [-0.3, -0.25) is 0 Å². The standard InChI is InChI=1S/C26H18N2O2S/c27-18-20(26(29)30)17-24-15-16-25(31-24)19-11-13-23(14-12-19)28(21-7-3-1-4-8-21)22-9-5-2-6-10-22/h1-17H,(H,29,30)/b20-17-. The molecule has 0 amide bonds. The van der Waals surface area contributed by atoms with Gasteiger partial charge in [0.15, 0.2) is 0 Å². The summed E-state index contributed by atoms with van der Waals surface area (Å²) < 4.78 is 0. The molecule has 0 spiro atoms. The highest BCUT2D eigenvalue weighted by Crippen LogP contribution is 2.36. The van der Waals surface area contributed by atoms with Gasteiger partial charge in [-0.15, -0.1) is 11.3 Å². The average Bonchev–Trinajstić information content (AvgIpc) is 3.28. The van der Waals surface area contributed by atoms with Crippen molar-refractivity contribution in [2.75, 3.05) is 4.90 Å². The van der Waals surface area contributed by atoms with Crippen molar-refractivity contribution in [3.63, 3.8) is 0 Å². The first-order valence-corrected chi connectivity index (χ1v) is 10.4. The van der Waals surface area contributed by atoms with Crippen molar-refractivity contribution in [2.24, 2.45) is 0 Å². The monoisotopic (exact) mass is 422 g/mol. The molecule has 3 aromatic carbocycles. The molecule has 150 valence electrons. The normalized spacial score (nSPS) is 11.0. The Bertz CT molecular complexity index is 1210. The maximum atomic E-state index is 11.1. The summed E-state index contributed by atoms with van der Waals surface area (Å²) in [7, 11) is 0. The predicted octanol–water partition coefficient (Wildman–Crippen LogP) is 6.88. The van der Waals surface area contributed by atoms with Gasteiger partial charge < -0.3 is 10.0 Å². The number of carbonyl (C=O) groups is 1. The van der Waals surface area contributed by atoms with Crippen LogP contribution in [0.5, 0.6) is 0 Å². The van der Waals surface area contributed by atoms with Crippen LogP contribution in [0.25, 0.3) is 16.5 Å². The van der Waals surface area contributed by atoms with E-state index >= 15 is 0 Å². The van der Waals surface area contributed by atoms with Crippen molar-refractivity contribution in [3.8, 4) is 16.5 Å². The first kappa shape index (κ1) is 20.1. The fourth-order valence-corrected chi connectivity index (χ4v) is 4.20. The number of nitrogens with zero attached hydrogens (tertiary/aromatic N) is 2. The molecule has 0 bridgehead atoms. The van der Waals surface area contributed by atoms with Gasteiger partial charge in [0.05, 0.1) is 0 Å². The van der Waals surface area contributed by atoms with Crippen LogP contribution in [0.1, 0.15) is 4.88 Å². The minimum Gasteiger partial charge on any atom is -0.477 e. The van der Waals surface area contributed by atoms with E-state index < -0.39 is 5.97 Å². The van der Waals surface area contributed by atoms with Crippen LogP contribution < -0.4 is 4.90 Å². The molecule has 0 fully saturated rings. The maximum absolute atomic E-state index is 11.1. The molecule has 5 heteroatoms. The summed E-state index contributed by atoms with van der Waals surface area (Å²) in [5.41, 5.74) is 3.94. The number of rotatable bonds is 6. The zero-order valence-electron chi connectivity index (χ0n) is 16.5. The van der Waals surface area contributed by atoms with Gasteiger partial charge in [0, 0.05) is 26.8 Å². The van der Waals surface area contributed by atoms with E-state index in [0.717, 1.165) is 32.4 Å². The van der Waals surface area contributed by atoms with E-state index in [9.17, 15) is 4.79 Å². The van der Waals surface area contributed by atoms with Crippen LogP contribution in [0.3, 0.4) is 0 Å². The van der Waals surface area contributed by atoms with Crippen molar-refractivity contribution >= 4 is 40.4 Å². The molecule has 0 saturated carbocycles. The molecule has 0 aliphatic carbocycles. The lowest BCUT2D eigenvalue weighted by molar-refractivity contribution is -0.132. The minimum absolute atomic E-state index is 0.273. The second-order valence-electron chi connectivity index (χ2n) is 6.73. The number of aliphatic carboxylic acids is 1. The Morgan fingerprint density at radius 3 is 1.87 bits per heavy atom. The molecule has 0 unspecified atom stereocenters. The lowest BCUT2D eigenvalue weighted by Crippen LogP contribution is -2.09. The third-order valence-corrected chi connectivity index (χ3v) is 5.78. The van der Waals surface area contributed by atoms with Crippen LogP contribution in [-0.2, 0) is 4.79 Å². The fraction of sp³-hybridized carbons (Fsp3) is 0. The Labute approximate surface area is 184 Å². The molecule has 1 N–H and O–H groups in total. The highest BCUT2D eigenvalue weighted by molar-refractivity contribution is 7.16. The first-order valence-electron chi connectivity index (χ1n) is 9.61. The predicted molar refractivity (Wildman–Crippen MR) is 126 cm³/mol. The third kappa shape index (κ3) is 4.55. The van der Waals surface area contributed by atoms with Gasteiger partial charge in [0.2, 0.25) is 0 Å². The number of thiophene rings is 1. The summed E-state index contributed by atoms with van der Waals surface area (Å²) in [6, 6.07) is 34.1. The van der Waals surface area contributed by atoms with Crippen molar-refractivity contribution in [1.82, 2.24) is 0 Å². The van der Waals surface area contributed by atoms with E-state index in [1.807, 2.05) is 48.5 Å². The molecule has 31 heavy (non-hydrogen) atoms. The van der Waals surface area contributed by atoms with Gasteiger partial charge >= 0.3 is 5.97 Å². The molecule has 4 aromatic rings. The molecule has 0 aliphatic heterocycles. The van der Waals surface area contributed by atoms with Crippen molar-refractivity contribution < 1.29 is 9.90 Å². The number of hydrogen-bond acceptors (Lipinski definition) is 4. The van der Waals surface area contributed by atoms with E-state index in [4.69, 9.17) is 10.4 Å². The van der Waals surface area contributed by atoms with Gasteiger partial charge in [0.1, 0.15) is 11.6 Å². The average molecular weight is 423 g/mol. The van der Waals surface area contributed by atoms with Gasteiger partial charge in [0.25, 0.3) is 0 Å². The molecule has 1 heterocycles. The van der Waals surface area contributed by atoms with Crippen LogP contribution in [0.4, 0.5) is 17.1 Å². The minimum atomic E-state index is -1.22. The van der Waals surface area contributed by atoms with Gasteiger partial charge in [-0.25, -0.2) is 4.79 Å². The summed E-state index contributed by atoms with van der Waals surface area (Å²) in [4.78, 5) is 15.0. The van der Waals surface area contributed by atoms with E-state index in [-0.39, 0.29) is 5.57 Å². The molecule has 4 rings (SSSR count). The largest absolute Gasteiger partial charge is 0.477 e. The van der Waals surface area contributed by atoms with E-state index in [0.29, 0.717) is 0 Å². The summed E-state index contributed by atoms with van der Waals surface area (Å²) in [5.74, 6) is -1.22. The molecular formula is C26H18N2O2S. The zero-order valence-corrected chi connectivity index (χ0v) is 17.3. The molecule has 1 aromatic heterocycles. The number of carboxylic acids is 1. The van der Waals surface area contributed by atoms with Gasteiger partial charge in [-0.05, 0) is 60.2 Å². The molecule has 4 nitrogen and oxygen atoms in total. The maximum Gasteiger partial charge on any atom is 0.346 e. The quantitative estimate of drug-likeness (QED) is 0.272. The third-order valence-electron chi connectivity index (χ3n) is 4.70. The molecule has 0 atom stereocenters. The van der Waals surface area contributed by atoms with Crippen molar-refractivity contribution in [3.05, 3.63) is 108 Å². The van der Waals surface area contributed by atoms with Gasteiger partial charge in [-0.2, -0.15) is 5.26 Å². The van der Waals surface area contributed by atoms with Crippen LogP contribution >= 0.6 is 11.3 Å². The van der Waals surface area contributed by atoms with E-state index in [1.54, 1.807) is 6.07 Å². The lowest BCUT2D eigenvalue weighted by atomic mass is 10.1. The van der Waals surface area contributed by atoms with E-state index in [2.05, 4.69) is 53.4 Å². The van der Waals surface area contributed by atoms with Crippen molar-refractivity contribution in [2.45, 2.75) is 0 Å². The molecule has 0 saturated heterocycles. The summed E-state index contributed by atoms with van der Waals surface area (Å²) >= 11 is 1.45. The van der Waals surface area contributed by atoms with Crippen LogP contribution in [-0.4, -0.2) is 11.1 Å². The van der Waals surface area contributed by atoms with Crippen LogP contribution in [0.15, 0.2) is 103 Å². The molecular weight excluding hydrogens is 404 g/mol. The van der Waals surface area contributed by atoms with E-state index in [1.165, 1.54) is 17.4 Å². The highest BCUT2D eigenvalue weighted by atomic mass is 32.1. The smallest absolute Gasteiger partial charge is 0.346 e. The Hall–Kier alpha value is -4.14. The number of para-hydroxylation sites is 2. The second kappa shape index (κ2) is 9.12. The highest BCUT2D eigenvalue weighted by Gasteiger charge is 2.12. The number of anilines is 3. The molecule has 0 radical (unpaired) electrons. The van der Waals surface area contributed by atoms with Crippen LogP contribution in [0, 0.1) is 11.3 Å². The van der Waals surface area contributed by atoms with Crippen LogP contribution in [0.2, 0.25) is 0 Å². The second-order valence-corrected chi connectivity index (χ2v) is 7.85. The van der Waals surface area contributed by atoms with Gasteiger partial charge in [-0.1, -0.05) is 48.5 Å². The summed E-state index contributed by atoms with van der Waals surface area (Å²) in [6.07, 6.45) is 1.40. The number of nitriles is 1. The SMILES string of the molecule is N#C/C(=C/c1ccc(-c2ccc(N(c3ccccc3)c3ccccc3)cc2)s1)C(=O)O. The summed E-state index contributed by atoms with van der Waals surface area (Å²) in [5, 5.41) is 18.0. The molecule has 0 aliphatic rings. The zero-order chi connectivity index (χ0) is 21.6. The Balaban J connectivity index is 1.66. The topological polar surface area (TPSA) is 64.3 Å². The van der Waals surface area contributed by atoms with Crippen molar-refractivity contribution in [1.29, 1.82) is 5.26 Å². The number of hydrogen-bond donors (Lipinski definition) is 1. The number of benzene rings is 3. The Kier molecular flexibility index (Phi) is 5.93. The Morgan fingerprint density at radius 2 is 1.35 bits per heavy atom. The fourth-order valence-electron chi connectivity index (χ4n) is 3.25. The Morgan fingerprint density at radius 1 is 0.806 bits per heavy atom. The first-order chi connectivity index (χ1) is 15.2. The number of carboxylic acid groups (broad SMARTS) is 1. The lowest BCUT2D eigenvalue weighted by Gasteiger charge is -2.25.